The van der Waals surface area contributed by atoms with Crippen LogP contribution >= 0.6 is 0 Å². The largest absolute Gasteiger partial charge is 0.317 e. The summed E-state index contributed by atoms with van der Waals surface area (Å²) >= 11 is 0. The van der Waals surface area contributed by atoms with Crippen molar-refractivity contribution in [1.29, 1.82) is 0 Å². The van der Waals surface area contributed by atoms with Gasteiger partial charge in [-0.15, -0.1) is 0 Å². The smallest absolute Gasteiger partial charge is 0.224 e. The second-order valence-corrected chi connectivity index (χ2v) is 3.16. The van der Waals surface area contributed by atoms with Gasteiger partial charge in [-0.1, -0.05) is 0 Å². The first kappa shape index (κ1) is 15.4. The van der Waals surface area contributed by atoms with Gasteiger partial charge in [-0.3, -0.25) is 0 Å². The summed E-state index contributed by atoms with van der Waals surface area (Å²) in [5, 5.41) is 0. The first-order chi connectivity index (χ1) is 8.00. The van der Waals surface area contributed by atoms with Crippen molar-refractivity contribution in [2.45, 2.75) is 0 Å². The topological polar surface area (TPSA) is 112 Å². The lowest BCUT2D eigenvalue weighted by Gasteiger charge is -2.03. The zero-order chi connectivity index (χ0) is 13.0. The Balaban J connectivity index is 0.000000228. The molecule has 2 aromatic rings. The van der Waals surface area contributed by atoms with E-state index in [1.54, 1.807) is 25.1 Å². The van der Waals surface area contributed by atoms with Crippen molar-refractivity contribution >= 4 is 0 Å². The highest BCUT2D eigenvalue weighted by Gasteiger charge is 1.98. The molecule has 6 nitrogen and oxygen atoms in total. The number of hydrogen-bond donors (Lipinski definition) is 1. The molecule has 0 aliphatic carbocycles. The molecule has 0 bridgehead atoms. The third-order valence-corrected chi connectivity index (χ3v) is 1.07. The van der Waals surface area contributed by atoms with Crippen molar-refractivity contribution in [3.63, 3.8) is 0 Å². The lowest BCUT2D eigenvalue weighted by Crippen LogP contribution is -2.58. The molecule has 0 atom stereocenters. The maximum atomic E-state index is 8.60. The zero-order valence-electron chi connectivity index (χ0n) is 8.64. The molecule has 0 radical (unpaired) electrons. The molecule has 0 aliphatic heterocycles. The third kappa shape index (κ3) is 20.5. The van der Waals surface area contributed by atoms with E-state index in [9.17, 15) is 0 Å². The maximum Gasteiger partial charge on any atom is 0.317 e. The van der Waals surface area contributed by atoms with Crippen molar-refractivity contribution in [2.75, 3.05) is 0 Å². The fourth-order valence-corrected chi connectivity index (χ4v) is 0.582. The summed E-state index contributed by atoms with van der Waals surface area (Å²) in [5.74, 6) is 0. The van der Waals surface area contributed by atoms with Gasteiger partial charge in [-0.25, -0.2) is 8.83 Å². The van der Waals surface area contributed by atoms with Crippen molar-refractivity contribution in [3.05, 3.63) is 61.5 Å². The average molecular weight is 263 g/mol. The summed E-state index contributed by atoms with van der Waals surface area (Å²) in [5.41, 5.74) is 0. The SMILES string of the molecule is [O-][Cl+3]([O-])([O-])O.c1cc[o+]cc1.c1cc[o+]cc1. The normalized spacial score (nSPS) is 9.18. The minimum atomic E-state index is -4.69. The first-order valence-corrected chi connectivity index (χ1v) is 5.51. The second kappa shape index (κ2) is 9.64. The van der Waals surface area contributed by atoms with Crippen molar-refractivity contribution < 1.29 is 37.7 Å². The van der Waals surface area contributed by atoms with Crippen LogP contribution in [0.5, 0.6) is 0 Å². The van der Waals surface area contributed by atoms with Gasteiger partial charge in [0.1, 0.15) is 0 Å². The number of halogens is 1. The molecule has 2 aromatic heterocycles. The van der Waals surface area contributed by atoms with E-state index in [2.05, 4.69) is 8.83 Å². The van der Waals surface area contributed by atoms with E-state index in [1.807, 2.05) is 36.4 Å². The van der Waals surface area contributed by atoms with Gasteiger partial charge in [0.15, 0.2) is 0 Å². The predicted molar refractivity (Wildman–Crippen MR) is 48.4 cm³/mol. The quantitative estimate of drug-likeness (QED) is 0.609. The highest BCUT2D eigenvalue weighted by molar-refractivity contribution is 4.84. The molecule has 0 saturated heterocycles. The molecule has 0 amide bonds. The Morgan fingerprint density at radius 1 is 0.647 bits per heavy atom. The molecule has 92 valence electrons. The maximum absolute atomic E-state index is 8.60. The van der Waals surface area contributed by atoms with Crippen LogP contribution < -0.4 is 14.0 Å². The second-order valence-electron chi connectivity index (χ2n) is 2.37. The number of hydrogen-bond acceptors (Lipinski definition) is 4. The summed E-state index contributed by atoms with van der Waals surface area (Å²) in [7, 11) is -4.69. The molecule has 2 heterocycles. The fraction of sp³-hybridized carbons (Fsp3) is 0. The summed E-state index contributed by atoms with van der Waals surface area (Å²) in [6.07, 6.45) is 6.50. The van der Waals surface area contributed by atoms with Gasteiger partial charge in [-0.2, -0.15) is 14.0 Å². The van der Waals surface area contributed by atoms with Gasteiger partial charge in [0.25, 0.3) is 0 Å². The summed E-state index contributed by atoms with van der Waals surface area (Å²) in [6.45, 7) is 0. The van der Waals surface area contributed by atoms with E-state index in [0.717, 1.165) is 0 Å². The molecule has 2 rings (SSSR count). The summed E-state index contributed by atoms with van der Waals surface area (Å²) in [4.78, 5) is 0. The third-order valence-electron chi connectivity index (χ3n) is 1.07. The van der Waals surface area contributed by atoms with E-state index in [4.69, 9.17) is 18.6 Å². The molecule has 1 N–H and O–H groups in total. The predicted octanol–water partition coefficient (Wildman–Crippen LogP) is -1.00. The molecular weight excluding hydrogens is 252 g/mol. The molecule has 0 fully saturated rings. The van der Waals surface area contributed by atoms with Gasteiger partial charge in [0, 0.05) is 24.3 Å². The van der Waals surface area contributed by atoms with Crippen LogP contribution in [-0.4, -0.2) is 4.66 Å². The van der Waals surface area contributed by atoms with Crippen molar-refractivity contribution in [2.24, 2.45) is 0 Å². The van der Waals surface area contributed by atoms with Gasteiger partial charge in [-0.05, 0) is 12.1 Å². The van der Waals surface area contributed by atoms with Crippen LogP contribution in [0.2, 0.25) is 0 Å². The summed E-state index contributed by atoms with van der Waals surface area (Å²) < 4.78 is 42.1. The minimum absolute atomic E-state index is 1.62. The molecule has 0 unspecified atom stereocenters. The van der Waals surface area contributed by atoms with Crippen LogP contribution in [0, 0.1) is 10.2 Å². The Labute approximate surface area is 99.7 Å². The Kier molecular flexibility index (Phi) is 8.75. The molecule has 7 heteroatoms. The first-order valence-electron chi connectivity index (χ1n) is 4.24. The van der Waals surface area contributed by atoms with E-state index < -0.39 is 10.2 Å². The molecular formula is C10H11ClO6+2. The van der Waals surface area contributed by atoms with Crippen LogP contribution in [0.3, 0.4) is 0 Å². The van der Waals surface area contributed by atoms with E-state index in [-0.39, 0.29) is 0 Å². The standard InChI is InChI=1S/2C5H5O.ClHO4/c2*1-2-4-6-5-3-1;2-1(3,4)5/h2*1-5H;(H,2,3,4,5)/q2*+1;. The average Bonchev–Trinajstić information content (AvgIpc) is 2.32. The van der Waals surface area contributed by atoms with E-state index >= 15 is 0 Å². The Morgan fingerprint density at radius 2 is 0.882 bits per heavy atom. The van der Waals surface area contributed by atoms with Crippen LogP contribution in [-0.2, 0) is 0 Å². The minimum Gasteiger partial charge on any atom is -0.224 e. The van der Waals surface area contributed by atoms with Crippen LogP contribution in [0.4, 0.5) is 0 Å². The molecule has 0 aromatic carbocycles. The Hall–Kier alpha value is -1.57. The molecule has 0 spiro atoms. The highest BCUT2D eigenvalue weighted by atomic mass is 35.7. The highest BCUT2D eigenvalue weighted by Crippen LogP contribution is 1.80. The Bertz CT molecular complexity index is 259. The Morgan fingerprint density at radius 3 is 0.941 bits per heavy atom. The van der Waals surface area contributed by atoms with Gasteiger partial charge >= 0.3 is 25.1 Å². The molecule has 0 saturated carbocycles. The van der Waals surface area contributed by atoms with Crippen LogP contribution in [0.15, 0.2) is 70.3 Å². The molecule has 0 aliphatic rings. The fourth-order valence-electron chi connectivity index (χ4n) is 0.582. The van der Waals surface area contributed by atoms with Crippen LogP contribution in [0.25, 0.3) is 0 Å². The van der Waals surface area contributed by atoms with E-state index in [1.165, 1.54) is 0 Å². The van der Waals surface area contributed by atoms with Crippen LogP contribution in [0.1, 0.15) is 0 Å². The molecule has 17 heavy (non-hydrogen) atoms. The van der Waals surface area contributed by atoms with Crippen molar-refractivity contribution in [3.8, 4) is 0 Å². The summed E-state index contributed by atoms with van der Waals surface area (Å²) in [6, 6.07) is 11.1. The van der Waals surface area contributed by atoms with Gasteiger partial charge < -0.3 is 0 Å². The monoisotopic (exact) mass is 262 g/mol. The van der Waals surface area contributed by atoms with Gasteiger partial charge in [0.05, 0.1) is 14.9 Å². The van der Waals surface area contributed by atoms with E-state index in [0.29, 0.717) is 0 Å². The lowest BCUT2D eigenvalue weighted by atomic mass is 10.6. The lowest BCUT2D eigenvalue weighted by molar-refractivity contribution is -1.92. The van der Waals surface area contributed by atoms with Crippen molar-refractivity contribution in [1.82, 2.24) is 0 Å². The zero-order valence-corrected chi connectivity index (χ0v) is 9.40. The number of rotatable bonds is 0. The van der Waals surface area contributed by atoms with Gasteiger partial charge in [0.2, 0.25) is 0 Å².